The summed E-state index contributed by atoms with van der Waals surface area (Å²) in [6.45, 7) is 0.571. The lowest BCUT2D eigenvalue weighted by Crippen LogP contribution is -2.42. The molecule has 1 aliphatic heterocycles. The van der Waals surface area contributed by atoms with Crippen molar-refractivity contribution >= 4 is 17.7 Å². The third-order valence-electron chi connectivity index (χ3n) is 2.42. The first-order valence-corrected chi connectivity index (χ1v) is 5.43. The van der Waals surface area contributed by atoms with Gasteiger partial charge in [0.2, 0.25) is 0 Å². The van der Waals surface area contributed by atoms with Crippen LogP contribution in [-0.2, 0) is 24.0 Å². The van der Waals surface area contributed by atoms with Gasteiger partial charge in [0, 0.05) is 13.5 Å². The molecular weight excluding hydrogens is 271 g/mol. The largest absolute Gasteiger partial charge is 0.492 e. The Hall–Kier alpha value is -1.64. The summed E-state index contributed by atoms with van der Waals surface area (Å²) in [7, 11) is 0. The molecule has 1 fully saturated rings. The van der Waals surface area contributed by atoms with Crippen molar-refractivity contribution in [3.05, 3.63) is 0 Å². The molecule has 1 rings (SSSR count). The van der Waals surface area contributed by atoms with Gasteiger partial charge in [-0.15, -0.1) is 5.06 Å². The number of alkyl halides is 3. The molecule has 0 aromatic carbocycles. The van der Waals surface area contributed by atoms with Crippen molar-refractivity contribution in [1.82, 2.24) is 5.06 Å². The molecule has 1 atom stereocenters. The minimum absolute atomic E-state index is 0.0261. The molecule has 0 N–H and O–H groups in total. The van der Waals surface area contributed by atoms with Crippen molar-refractivity contribution in [2.24, 2.45) is 0 Å². The Morgan fingerprint density at radius 3 is 2.47 bits per heavy atom. The van der Waals surface area contributed by atoms with E-state index in [2.05, 4.69) is 9.57 Å². The zero-order chi connectivity index (χ0) is 14.6. The fraction of sp³-hybridized carbons (Fsp3) is 0.700. The number of carbonyl (C=O) groups excluding carboxylic acids is 3. The molecule has 6 nitrogen and oxygen atoms in total. The van der Waals surface area contributed by atoms with Gasteiger partial charge in [0.15, 0.2) is 12.4 Å². The molecule has 0 amide bonds. The summed E-state index contributed by atoms with van der Waals surface area (Å²) in [6.07, 6.45) is -4.47. The third kappa shape index (κ3) is 4.51. The van der Waals surface area contributed by atoms with Crippen molar-refractivity contribution < 1.29 is 37.1 Å². The smallest absolute Gasteiger partial charge is 0.458 e. The molecule has 0 radical (unpaired) electrons. The van der Waals surface area contributed by atoms with Gasteiger partial charge >= 0.3 is 18.1 Å². The van der Waals surface area contributed by atoms with Crippen molar-refractivity contribution in [2.45, 2.75) is 32.0 Å². The predicted molar refractivity (Wildman–Crippen MR) is 53.5 cm³/mol. The molecule has 0 aromatic rings. The van der Waals surface area contributed by atoms with E-state index in [0.717, 1.165) is 6.92 Å². The van der Waals surface area contributed by atoms with Gasteiger partial charge in [0.1, 0.15) is 6.04 Å². The Morgan fingerprint density at radius 1 is 1.32 bits per heavy atom. The highest BCUT2D eigenvalue weighted by Crippen LogP contribution is 2.23. The molecule has 1 saturated heterocycles. The SMILES string of the molecule is CC(=O)OCC(=O)[C@@H]1CCCN1OC(=O)C(F)(F)F. The molecule has 19 heavy (non-hydrogen) atoms. The average Bonchev–Trinajstić information content (AvgIpc) is 2.72. The number of ether oxygens (including phenoxy) is 1. The summed E-state index contributed by atoms with van der Waals surface area (Å²) in [6, 6.07) is -1.01. The summed E-state index contributed by atoms with van der Waals surface area (Å²) in [5.74, 6) is -3.66. The number of rotatable bonds is 4. The number of carbonyl (C=O) groups is 3. The number of hydrogen-bond donors (Lipinski definition) is 0. The highest BCUT2D eigenvalue weighted by Gasteiger charge is 2.45. The molecule has 0 spiro atoms. The Balaban J connectivity index is 2.56. The summed E-state index contributed by atoms with van der Waals surface area (Å²) >= 11 is 0. The molecule has 0 aromatic heterocycles. The van der Waals surface area contributed by atoms with Crippen molar-refractivity contribution in [3.63, 3.8) is 0 Å². The van der Waals surface area contributed by atoms with E-state index in [0.29, 0.717) is 11.5 Å². The number of halogens is 3. The van der Waals surface area contributed by atoms with E-state index in [1.807, 2.05) is 0 Å². The number of esters is 1. The van der Waals surface area contributed by atoms with Crippen molar-refractivity contribution in [3.8, 4) is 0 Å². The average molecular weight is 283 g/mol. The molecule has 1 aliphatic rings. The highest BCUT2D eigenvalue weighted by atomic mass is 19.4. The van der Waals surface area contributed by atoms with Crippen molar-refractivity contribution in [2.75, 3.05) is 13.2 Å². The van der Waals surface area contributed by atoms with Crippen LogP contribution in [0.2, 0.25) is 0 Å². The Kier molecular flexibility index (Phi) is 4.87. The van der Waals surface area contributed by atoms with E-state index < -0.39 is 36.5 Å². The quantitative estimate of drug-likeness (QED) is 0.704. The number of ketones is 1. The first-order chi connectivity index (χ1) is 8.71. The van der Waals surface area contributed by atoms with Crippen LogP contribution >= 0.6 is 0 Å². The molecule has 0 aliphatic carbocycles. The van der Waals surface area contributed by atoms with Crippen LogP contribution in [0.3, 0.4) is 0 Å². The molecule has 108 valence electrons. The molecule has 1 heterocycles. The number of hydroxylamine groups is 2. The molecule has 0 saturated carbocycles. The van der Waals surface area contributed by atoms with Gasteiger partial charge < -0.3 is 9.57 Å². The molecule has 0 unspecified atom stereocenters. The fourth-order valence-corrected chi connectivity index (χ4v) is 1.60. The third-order valence-corrected chi connectivity index (χ3v) is 2.42. The molecule has 9 heteroatoms. The van der Waals surface area contributed by atoms with Gasteiger partial charge in [0.25, 0.3) is 0 Å². The molecular formula is C10H12F3NO5. The lowest BCUT2D eigenvalue weighted by Gasteiger charge is -2.22. The second-order valence-corrected chi connectivity index (χ2v) is 3.92. The van der Waals surface area contributed by atoms with E-state index in [-0.39, 0.29) is 13.0 Å². The zero-order valence-electron chi connectivity index (χ0n) is 10.0. The standard InChI is InChI=1S/C10H12F3NO5/c1-6(15)18-5-8(16)7-3-2-4-14(7)19-9(17)10(11,12)13/h7H,2-5H2,1H3/t7-/m0/s1. The maximum Gasteiger partial charge on any atom is 0.492 e. The van der Waals surface area contributed by atoms with E-state index in [4.69, 9.17) is 0 Å². The van der Waals surface area contributed by atoms with E-state index in [9.17, 15) is 27.6 Å². The Bertz CT molecular complexity index is 382. The minimum atomic E-state index is -5.12. The summed E-state index contributed by atoms with van der Waals surface area (Å²) in [4.78, 5) is 36.9. The van der Waals surface area contributed by atoms with Gasteiger partial charge in [0.05, 0.1) is 0 Å². The van der Waals surface area contributed by atoms with E-state index in [1.54, 1.807) is 0 Å². The highest BCUT2D eigenvalue weighted by molar-refractivity contribution is 5.87. The number of nitrogens with zero attached hydrogens (tertiary/aromatic N) is 1. The normalized spacial score (nSPS) is 20.1. The Morgan fingerprint density at radius 2 is 1.95 bits per heavy atom. The Labute approximate surface area is 106 Å². The summed E-state index contributed by atoms with van der Waals surface area (Å²) in [5.41, 5.74) is 0. The maximum absolute atomic E-state index is 12.0. The van der Waals surface area contributed by atoms with Crippen LogP contribution in [0, 0.1) is 0 Å². The molecule has 0 bridgehead atoms. The van der Waals surface area contributed by atoms with Gasteiger partial charge in [-0.1, -0.05) is 0 Å². The van der Waals surface area contributed by atoms with Crippen LogP contribution in [0.1, 0.15) is 19.8 Å². The zero-order valence-corrected chi connectivity index (χ0v) is 10.0. The number of hydrogen-bond acceptors (Lipinski definition) is 6. The topological polar surface area (TPSA) is 72.9 Å². The van der Waals surface area contributed by atoms with E-state index >= 15 is 0 Å². The number of Topliss-reactive ketones (excluding diaryl/α,β-unsaturated/α-hetero) is 1. The van der Waals surface area contributed by atoms with Crippen molar-refractivity contribution in [1.29, 1.82) is 0 Å². The van der Waals surface area contributed by atoms with Gasteiger partial charge in [-0.05, 0) is 12.8 Å². The van der Waals surface area contributed by atoms with Crippen LogP contribution < -0.4 is 0 Å². The van der Waals surface area contributed by atoms with Gasteiger partial charge in [-0.25, -0.2) is 4.79 Å². The van der Waals surface area contributed by atoms with Gasteiger partial charge in [-0.3, -0.25) is 9.59 Å². The first-order valence-electron chi connectivity index (χ1n) is 5.43. The lowest BCUT2D eigenvalue weighted by atomic mass is 10.1. The second-order valence-electron chi connectivity index (χ2n) is 3.92. The summed E-state index contributed by atoms with van der Waals surface area (Å²) < 4.78 is 40.5. The van der Waals surface area contributed by atoms with E-state index in [1.165, 1.54) is 0 Å². The first kappa shape index (κ1) is 15.4. The predicted octanol–water partition coefficient (Wildman–Crippen LogP) is 0.603. The maximum atomic E-state index is 12.0. The van der Waals surface area contributed by atoms with Crippen LogP contribution in [0.15, 0.2) is 0 Å². The minimum Gasteiger partial charge on any atom is -0.458 e. The summed E-state index contributed by atoms with van der Waals surface area (Å²) in [5, 5.41) is 0.682. The van der Waals surface area contributed by atoms with Crippen LogP contribution in [0.4, 0.5) is 13.2 Å². The second kappa shape index (κ2) is 6.00. The lowest BCUT2D eigenvalue weighted by molar-refractivity contribution is -0.240. The van der Waals surface area contributed by atoms with Gasteiger partial charge in [-0.2, -0.15) is 13.2 Å². The van der Waals surface area contributed by atoms with Crippen LogP contribution in [-0.4, -0.2) is 48.2 Å². The van der Waals surface area contributed by atoms with Crippen LogP contribution in [0.5, 0.6) is 0 Å². The fourth-order valence-electron chi connectivity index (χ4n) is 1.60. The monoisotopic (exact) mass is 283 g/mol. The van der Waals surface area contributed by atoms with Crippen LogP contribution in [0.25, 0.3) is 0 Å².